The van der Waals surface area contributed by atoms with Crippen molar-refractivity contribution in [3.05, 3.63) is 35.9 Å². The van der Waals surface area contributed by atoms with E-state index in [2.05, 4.69) is 5.32 Å². The van der Waals surface area contributed by atoms with Gasteiger partial charge >= 0.3 is 5.97 Å². The Hall–Kier alpha value is -1.84. The zero-order valence-electron chi connectivity index (χ0n) is 11.0. The molecule has 0 bridgehead atoms. The summed E-state index contributed by atoms with van der Waals surface area (Å²) in [6.45, 7) is 1.91. The lowest BCUT2D eigenvalue weighted by Crippen LogP contribution is -2.41. The predicted molar refractivity (Wildman–Crippen MR) is 71.8 cm³/mol. The lowest BCUT2D eigenvalue weighted by atomic mass is 10.1. The predicted octanol–water partition coefficient (Wildman–Crippen LogP) is 2.16. The van der Waals surface area contributed by atoms with Gasteiger partial charge < -0.3 is 10.4 Å². The van der Waals surface area contributed by atoms with E-state index in [9.17, 15) is 9.59 Å². The Bertz CT molecular complexity index is 458. The van der Waals surface area contributed by atoms with Crippen molar-refractivity contribution in [2.45, 2.75) is 38.1 Å². The lowest BCUT2D eigenvalue weighted by molar-refractivity contribution is -0.142. The van der Waals surface area contributed by atoms with Crippen molar-refractivity contribution in [1.29, 1.82) is 0 Å². The molecule has 3 atom stereocenters. The van der Waals surface area contributed by atoms with Crippen LogP contribution in [0.3, 0.4) is 0 Å². The summed E-state index contributed by atoms with van der Waals surface area (Å²) >= 11 is 0. The van der Waals surface area contributed by atoms with Crippen LogP contribution in [0.2, 0.25) is 0 Å². The topological polar surface area (TPSA) is 66.4 Å². The smallest absolute Gasteiger partial charge is 0.326 e. The molecule has 0 heterocycles. The van der Waals surface area contributed by atoms with Gasteiger partial charge in [-0.2, -0.15) is 0 Å². The minimum absolute atomic E-state index is 0.0684. The third-order valence-corrected chi connectivity index (χ3v) is 3.55. The monoisotopic (exact) mass is 261 g/mol. The zero-order chi connectivity index (χ0) is 13.8. The van der Waals surface area contributed by atoms with Gasteiger partial charge in [-0.1, -0.05) is 43.7 Å². The highest BCUT2D eigenvalue weighted by molar-refractivity contribution is 5.87. The van der Waals surface area contributed by atoms with Crippen LogP contribution in [0.1, 0.15) is 37.7 Å². The summed E-state index contributed by atoms with van der Waals surface area (Å²) in [5, 5.41) is 11.7. The number of benzene rings is 1. The normalized spacial score (nSPS) is 22.6. The average Bonchev–Trinajstić information content (AvgIpc) is 3.19. The van der Waals surface area contributed by atoms with Crippen molar-refractivity contribution in [1.82, 2.24) is 5.32 Å². The van der Waals surface area contributed by atoms with Gasteiger partial charge in [-0.25, -0.2) is 4.79 Å². The summed E-state index contributed by atoms with van der Waals surface area (Å²) in [4.78, 5) is 23.0. The second kappa shape index (κ2) is 5.87. The molecule has 0 aliphatic heterocycles. The molecule has 102 valence electrons. The van der Waals surface area contributed by atoms with Gasteiger partial charge in [0.1, 0.15) is 6.04 Å². The Kier molecular flexibility index (Phi) is 4.20. The second-order valence-corrected chi connectivity index (χ2v) is 5.05. The summed E-state index contributed by atoms with van der Waals surface area (Å²) in [5.41, 5.74) is 1.16. The second-order valence-electron chi connectivity index (χ2n) is 5.05. The molecule has 1 aromatic carbocycles. The summed E-state index contributed by atoms with van der Waals surface area (Å²) in [6, 6.07) is 9.13. The molecule has 3 unspecified atom stereocenters. The van der Waals surface area contributed by atoms with Gasteiger partial charge in [0.25, 0.3) is 0 Å². The quantitative estimate of drug-likeness (QED) is 0.824. The lowest BCUT2D eigenvalue weighted by Gasteiger charge is -2.13. The number of hydrogen-bond donors (Lipinski definition) is 2. The molecule has 2 rings (SSSR count). The minimum atomic E-state index is -0.952. The number of amides is 1. The van der Waals surface area contributed by atoms with E-state index in [0.717, 1.165) is 18.4 Å². The van der Waals surface area contributed by atoms with Gasteiger partial charge in [0.05, 0.1) is 0 Å². The maximum absolute atomic E-state index is 12.0. The molecule has 4 nitrogen and oxygen atoms in total. The van der Waals surface area contributed by atoms with Gasteiger partial charge in [0, 0.05) is 5.92 Å². The van der Waals surface area contributed by atoms with Gasteiger partial charge in [0.2, 0.25) is 5.91 Å². The molecule has 1 aliphatic rings. The molecule has 1 amide bonds. The van der Waals surface area contributed by atoms with E-state index < -0.39 is 12.0 Å². The molecule has 0 aromatic heterocycles. The van der Waals surface area contributed by atoms with Crippen LogP contribution in [-0.4, -0.2) is 23.0 Å². The first-order chi connectivity index (χ1) is 9.13. The van der Waals surface area contributed by atoms with Crippen LogP contribution in [0, 0.1) is 5.92 Å². The molecule has 2 N–H and O–H groups in total. The number of aliphatic carboxylic acids is 1. The van der Waals surface area contributed by atoms with Crippen molar-refractivity contribution in [3.63, 3.8) is 0 Å². The summed E-state index contributed by atoms with van der Waals surface area (Å²) in [5.74, 6) is -0.903. The molecule has 1 saturated carbocycles. The van der Waals surface area contributed by atoms with Crippen molar-refractivity contribution >= 4 is 11.9 Å². The van der Waals surface area contributed by atoms with Crippen molar-refractivity contribution in [2.75, 3.05) is 0 Å². The van der Waals surface area contributed by atoms with Gasteiger partial charge in [-0.05, 0) is 24.3 Å². The van der Waals surface area contributed by atoms with E-state index in [1.54, 1.807) is 0 Å². The van der Waals surface area contributed by atoms with Crippen LogP contribution in [0.15, 0.2) is 30.3 Å². The molecule has 1 fully saturated rings. The average molecular weight is 261 g/mol. The first-order valence-electron chi connectivity index (χ1n) is 6.71. The molecule has 1 aromatic rings. The molecule has 1 aliphatic carbocycles. The van der Waals surface area contributed by atoms with Crippen LogP contribution in [0.4, 0.5) is 0 Å². The van der Waals surface area contributed by atoms with Gasteiger partial charge in [-0.15, -0.1) is 0 Å². The third kappa shape index (κ3) is 3.34. The Morgan fingerprint density at radius 3 is 2.63 bits per heavy atom. The number of carboxylic acids is 1. The number of carbonyl (C=O) groups excluding carboxylic acids is 1. The van der Waals surface area contributed by atoms with Crippen LogP contribution >= 0.6 is 0 Å². The molecular formula is C15H19NO3. The molecule has 0 saturated heterocycles. The Morgan fingerprint density at radius 1 is 1.37 bits per heavy atom. The minimum Gasteiger partial charge on any atom is -0.480 e. The molecule has 19 heavy (non-hydrogen) atoms. The number of hydrogen-bond acceptors (Lipinski definition) is 2. The molecular weight excluding hydrogens is 242 g/mol. The van der Waals surface area contributed by atoms with E-state index in [-0.39, 0.29) is 17.7 Å². The molecule has 0 radical (unpaired) electrons. The highest BCUT2D eigenvalue weighted by atomic mass is 16.4. The van der Waals surface area contributed by atoms with Crippen molar-refractivity contribution in [3.8, 4) is 0 Å². The number of carboxylic acid groups (broad SMARTS) is 1. The van der Waals surface area contributed by atoms with Crippen LogP contribution in [0.25, 0.3) is 0 Å². The Labute approximate surface area is 112 Å². The van der Waals surface area contributed by atoms with Crippen molar-refractivity contribution < 1.29 is 14.7 Å². The molecule has 4 heteroatoms. The van der Waals surface area contributed by atoms with Gasteiger partial charge in [0.15, 0.2) is 0 Å². The van der Waals surface area contributed by atoms with E-state index in [0.29, 0.717) is 6.42 Å². The SMILES string of the molecule is CCCC(NC(=O)C1CC1c1ccccc1)C(=O)O. The maximum atomic E-state index is 12.0. The van der Waals surface area contributed by atoms with E-state index in [1.165, 1.54) is 0 Å². The molecule has 0 spiro atoms. The fourth-order valence-corrected chi connectivity index (χ4v) is 2.38. The maximum Gasteiger partial charge on any atom is 0.326 e. The van der Waals surface area contributed by atoms with Crippen LogP contribution in [0.5, 0.6) is 0 Å². The highest BCUT2D eigenvalue weighted by Gasteiger charge is 2.44. The first kappa shape index (κ1) is 13.6. The van der Waals surface area contributed by atoms with Gasteiger partial charge in [-0.3, -0.25) is 4.79 Å². The van der Waals surface area contributed by atoms with Crippen LogP contribution < -0.4 is 5.32 Å². The first-order valence-corrected chi connectivity index (χ1v) is 6.71. The summed E-state index contributed by atoms with van der Waals surface area (Å²) in [7, 11) is 0. The van der Waals surface area contributed by atoms with E-state index in [1.807, 2.05) is 37.3 Å². The summed E-state index contributed by atoms with van der Waals surface area (Å²) < 4.78 is 0. The number of rotatable bonds is 6. The Balaban J connectivity index is 1.90. The van der Waals surface area contributed by atoms with E-state index >= 15 is 0 Å². The fourth-order valence-electron chi connectivity index (χ4n) is 2.38. The zero-order valence-corrected chi connectivity index (χ0v) is 11.0. The van der Waals surface area contributed by atoms with Crippen LogP contribution in [-0.2, 0) is 9.59 Å². The standard InChI is InChI=1S/C15H19NO3/c1-2-6-13(15(18)19)16-14(17)12-9-11(12)10-7-4-3-5-8-10/h3-5,7-8,11-13H,2,6,9H2,1H3,(H,16,17)(H,18,19). The fraction of sp³-hybridized carbons (Fsp3) is 0.467. The Morgan fingerprint density at radius 2 is 2.05 bits per heavy atom. The van der Waals surface area contributed by atoms with E-state index in [4.69, 9.17) is 5.11 Å². The number of nitrogens with one attached hydrogen (secondary N) is 1. The largest absolute Gasteiger partial charge is 0.480 e. The summed E-state index contributed by atoms with van der Waals surface area (Å²) in [6.07, 6.45) is 2.03. The highest BCUT2D eigenvalue weighted by Crippen LogP contribution is 2.47. The number of carbonyl (C=O) groups is 2. The third-order valence-electron chi connectivity index (χ3n) is 3.55. The van der Waals surface area contributed by atoms with Crippen molar-refractivity contribution in [2.24, 2.45) is 5.92 Å².